The number of nitrogens with one attached hydrogen (secondary N) is 2. The summed E-state index contributed by atoms with van der Waals surface area (Å²) >= 11 is 0. The molecule has 7 nitrogen and oxygen atoms in total. The smallest absolute Gasteiger partial charge is 0.251 e. The first-order chi connectivity index (χ1) is 16.7. The number of H-pyrrole nitrogens is 1. The number of benzene rings is 2. The van der Waals surface area contributed by atoms with E-state index in [1.165, 1.54) is 6.07 Å². The van der Waals surface area contributed by atoms with Crippen molar-refractivity contribution >= 4 is 16.8 Å². The van der Waals surface area contributed by atoms with Crippen molar-refractivity contribution in [2.75, 3.05) is 32.8 Å². The van der Waals surface area contributed by atoms with Crippen LogP contribution in [0.15, 0.2) is 67.0 Å². The van der Waals surface area contributed by atoms with E-state index < -0.39 is 0 Å². The van der Waals surface area contributed by atoms with Gasteiger partial charge in [0.15, 0.2) is 0 Å². The highest BCUT2D eigenvalue weighted by atomic mass is 19.1. The van der Waals surface area contributed by atoms with Crippen LogP contribution in [0.4, 0.5) is 4.39 Å². The quantitative estimate of drug-likeness (QED) is 0.462. The summed E-state index contributed by atoms with van der Waals surface area (Å²) in [4.78, 5) is 19.4. The van der Waals surface area contributed by atoms with Gasteiger partial charge in [0.25, 0.3) is 5.91 Å². The van der Waals surface area contributed by atoms with Gasteiger partial charge < -0.3 is 10.1 Å². The fourth-order valence-electron chi connectivity index (χ4n) is 4.30. The highest BCUT2D eigenvalue weighted by molar-refractivity contribution is 6.01. The Hall–Kier alpha value is -3.62. The van der Waals surface area contributed by atoms with Crippen molar-refractivity contribution in [1.29, 1.82) is 0 Å². The van der Waals surface area contributed by atoms with Crippen LogP contribution in [0.1, 0.15) is 15.9 Å². The minimum absolute atomic E-state index is 0.137. The number of aromatic amines is 1. The van der Waals surface area contributed by atoms with Crippen molar-refractivity contribution in [2.24, 2.45) is 0 Å². The van der Waals surface area contributed by atoms with E-state index >= 15 is 0 Å². The second kappa shape index (κ2) is 10.1. The number of ether oxygens (including phenoxy) is 1. The van der Waals surface area contributed by atoms with Gasteiger partial charge in [0, 0.05) is 48.5 Å². The first kappa shape index (κ1) is 22.2. The third-order valence-electron chi connectivity index (χ3n) is 6.07. The molecule has 1 aliphatic rings. The van der Waals surface area contributed by atoms with Gasteiger partial charge in [-0.1, -0.05) is 12.1 Å². The highest BCUT2D eigenvalue weighted by Gasteiger charge is 2.21. The normalized spacial score (nSPS) is 16.9. The van der Waals surface area contributed by atoms with Gasteiger partial charge in [-0.2, -0.15) is 5.10 Å². The van der Waals surface area contributed by atoms with Crippen molar-refractivity contribution in [3.05, 3.63) is 83.9 Å². The van der Waals surface area contributed by atoms with E-state index in [0.717, 1.165) is 47.2 Å². The van der Waals surface area contributed by atoms with Crippen LogP contribution in [0.5, 0.6) is 0 Å². The summed E-state index contributed by atoms with van der Waals surface area (Å²) < 4.78 is 19.2. The summed E-state index contributed by atoms with van der Waals surface area (Å²) in [5, 5.41) is 11.5. The molecule has 1 saturated heterocycles. The van der Waals surface area contributed by atoms with Crippen LogP contribution in [0.25, 0.3) is 22.2 Å². The second-order valence-electron chi connectivity index (χ2n) is 8.49. The molecule has 0 radical (unpaired) electrons. The number of fused-ring (bicyclic) bond motifs is 1. The third-order valence-corrected chi connectivity index (χ3v) is 6.07. The number of pyridine rings is 1. The Kier molecular flexibility index (Phi) is 6.60. The molecule has 2 N–H and O–H groups in total. The van der Waals surface area contributed by atoms with Crippen LogP contribution in [-0.2, 0) is 11.2 Å². The molecule has 34 heavy (non-hydrogen) atoms. The molecule has 2 aromatic carbocycles. The molecule has 174 valence electrons. The molecule has 5 rings (SSSR count). The maximum absolute atomic E-state index is 13.5. The van der Waals surface area contributed by atoms with Gasteiger partial charge in [-0.05, 0) is 54.4 Å². The molecule has 2 aromatic heterocycles. The summed E-state index contributed by atoms with van der Waals surface area (Å²) in [5.74, 6) is -0.368. The molecule has 1 aliphatic heterocycles. The van der Waals surface area contributed by atoms with Crippen LogP contribution >= 0.6 is 0 Å². The molecule has 1 unspecified atom stereocenters. The Morgan fingerprint density at radius 2 is 2.06 bits per heavy atom. The van der Waals surface area contributed by atoms with Crippen LogP contribution in [0.3, 0.4) is 0 Å². The molecule has 0 aliphatic carbocycles. The SMILES string of the molecule is O=C(NC1COCCN(CCc2cccc(F)c2)C1)c1ccc2[nH]nc(-c3ccncc3)c2c1. The topological polar surface area (TPSA) is 83.1 Å². The molecule has 1 atom stereocenters. The fourth-order valence-corrected chi connectivity index (χ4v) is 4.30. The zero-order valence-electron chi connectivity index (χ0n) is 18.7. The summed E-state index contributed by atoms with van der Waals surface area (Å²) in [6, 6.07) is 15.9. The number of aromatic nitrogens is 3. The van der Waals surface area contributed by atoms with Crippen molar-refractivity contribution in [3.63, 3.8) is 0 Å². The predicted molar refractivity (Wildman–Crippen MR) is 128 cm³/mol. The van der Waals surface area contributed by atoms with E-state index in [1.807, 2.05) is 30.3 Å². The van der Waals surface area contributed by atoms with Gasteiger partial charge in [0.2, 0.25) is 0 Å². The standard InChI is InChI=1S/C26H26FN5O2/c27-21-3-1-2-18(14-21)8-11-32-12-13-34-17-22(16-32)29-26(33)20-4-5-24-23(15-20)25(31-30-24)19-6-9-28-10-7-19/h1-7,9-10,14-15,22H,8,11-13,16-17H2,(H,29,33)(H,30,31). The number of carbonyl (C=O) groups is 1. The number of nitrogens with zero attached hydrogens (tertiary/aromatic N) is 3. The van der Waals surface area contributed by atoms with Gasteiger partial charge in [-0.25, -0.2) is 4.39 Å². The molecule has 0 saturated carbocycles. The highest BCUT2D eigenvalue weighted by Crippen LogP contribution is 2.26. The minimum Gasteiger partial charge on any atom is -0.378 e. The van der Waals surface area contributed by atoms with Crippen LogP contribution in [-0.4, -0.2) is 64.9 Å². The van der Waals surface area contributed by atoms with Gasteiger partial charge in [0.1, 0.15) is 11.5 Å². The molecule has 0 spiro atoms. The number of hydrogen-bond donors (Lipinski definition) is 2. The number of carbonyl (C=O) groups excluding carboxylic acids is 1. The molecule has 1 fully saturated rings. The largest absolute Gasteiger partial charge is 0.378 e. The second-order valence-corrected chi connectivity index (χ2v) is 8.49. The predicted octanol–water partition coefficient (Wildman–Crippen LogP) is 3.44. The van der Waals surface area contributed by atoms with Gasteiger partial charge in [-0.3, -0.25) is 19.8 Å². The number of hydrogen-bond acceptors (Lipinski definition) is 5. The molecule has 8 heteroatoms. The monoisotopic (exact) mass is 459 g/mol. The average molecular weight is 460 g/mol. The summed E-state index contributed by atoms with van der Waals surface area (Å²) in [5.41, 5.74) is 4.12. The van der Waals surface area contributed by atoms with Gasteiger partial charge in [-0.15, -0.1) is 0 Å². The lowest BCUT2D eigenvalue weighted by molar-refractivity contribution is 0.0883. The Morgan fingerprint density at radius 1 is 1.18 bits per heavy atom. The van der Waals surface area contributed by atoms with E-state index in [-0.39, 0.29) is 17.8 Å². The lowest BCUT2D eigenvalue weighted by Gasteiger charge is -2.24. The van der Waals surface area contributed by atoms with E-state index in [4.69, 9.17) is 4.74 Å². The van der Waals surface area contributed by atoms with Crippen LogP contribution in [0, 0.1) is 5.82 Å². The minimum atomic E-state index is -0.219. The zero-order valence-corrected chi connectivity index (χ0v) is 18.7. The maximum Gasteiger partial charge on any atom is 0.251 e. The Labute approximate surface area is 197 Å². The Bertz CT molecular complexity index is 1280. The summed E-state index contributed by atoms with van der Waals surface area (Å²) in [6.45, 7) is 3.29. The van der Waals surface area contributed by atoms with E-state index in [2.05, 4.69) is 25.4 Å². The number of amides is 1. The third kappa shape index (κ3) is 5.13. The number of rotatable bonds is 6. The molecule has 1 amide bonds. The molecular formula is C26H26FN5O2. The van der Waals surface area contributed by atoms with E-state index in [9.17, 15) is 9.18 Å². The molecular weight excluding hydrogens is 433 g/mol. The summed E-state index contributed by atoms with van der Waals surface area (Å²) in [6.07, 6.45) is 4.18. The van der Waals surface area contributed by atoms with Gasteiger partial charge in [0.05, 0.1) is 24.8 Å². The first-order valence-electron chi connectivity index (χ1n) is 11.4. The first-order valence-corrected chi connectivity index (χ1v) is 11.4. The Balaban J connectivity index is 1.26. The fraction of sp³-hybridized carbons (Fsp3) is 0.269. The van der Waals surface area contributed by atoms with Crippen molar-refractivity contribution in [3.8, 4) is 11.3 Å². The molecule has 0 bridgehead atoms. The average Bonchev–Trinajstić information content (AvgIpc) is 3.15. The zero-order chi connectivity index (χ0) is 23.3. The van der Waals surface area contributed by atoms with Crippen molar-refractivity contribution in [2.45, 2.75) is 12.5 Å². The Morgan fingerprint density at radius 3 is 2.91 bits per heavy atom. The maximum atomic E-state index is 13.5. The summed E-state index contributed by atoms with van der Waals surface area (Å²) in [7, 11) is 0. The van der Waals surface area contributed by atoms with E-state index in [1.54, 1.807) is 30.6 Å². The van der Waals surface area contributed by atoms with Crippen molar-refractivity contribution < 1.29 is 13.9 Å². The van der Waals surface area contributed by atoms with Gasteiger partial charge >= 0.3 is 0 Å². The van der Waals surface area contributed by atoms with Crippen molar-refractivity contribution in [1.82, 2.24) is 25.4 Å². The van der Waals surface area contributed by atoms with Crippen LogP contribution < -0.4 is 5.32 Å². The lowest BCUT2D eigenvalue weighted by Crippen LogP contribution is -2.45. The van der Waals surface area contributed by atoms with Crippen LogP contribution in [0.2, 0.25) is 0 Å². The molecule has 3 heterocycles. The molecule has 4 aromatic rings. The van der Waals surface area contributed by atoms with E-state index in [0.29, 0.717) is 25.3 Å². The number of halogens is 1. The lowest BCUT2D eigenvalue weighted by atomic mass is 10.1.